The first-order valence-electron chi connectivity index (χ1n) is 5.38. The van der Waals surface area contributed by atoms with Crippen molar-refractivity contribution in [2.45, 2.75) is 13.8 Å². The fourth-order valence-electron chi connectivity index (χ4n) is 1.56. The third kappa shape index (κ3) is 2.55. The fourth-order valence-corrected chi connectivity index (χ4v) is 1.56. The molecule has 0 saturated heterocycles. The summed E-state index contributed by atoms with van der Waals surface area (Å²) in [6.07, 6.45) is 0. The number of nitrogen functional groups attached to an aromatic ring is 1. The number of nitrogens with two attached hydrogens (primary N) is 1. The quantitative estimate of drug-likeness (QED) is 0.814. The molecule has 0 spiro atoms. The van der Waals surface area contributed by atoms with E-state index >= 15 is 0 Å². The molecule has 0 aliphatic heterocycles. The largest absolute Gasteiger partial charge is 0.437 e. The van der Waals surface area contributed by atoms with Gasteiger partial charge in [-0.2, -0.15) is 10.2 Å². The molecule has 0 radical (unpaired) electrons. The van der Waals surface area contributed by atoms with E-state index in [2.05, 4.69) is 9.97 Å². The highest BCUT2D eigenvalue weighted by atomic mass is 16.5. The van der Waals surface area contributed by atoms with E-state index in [4.69, 9.17) is 15.7 Å². The van der Waals surface area contributed by atoms with Crippen LogP contribution in [0.5, 0.6) is 11.6 Å². The summed E-state index contributed by atoms with van der Waals surface area (Å²) in [5.41, 5.74) is 7.53. The maximum Gasteiger partial charge on any atom is 0.222 e. The van der Waals surface area contributed by atoms with E-state index in [1.165, 1.54) is 0 Å². The van der Waals surface area contributed by atoms with Crippen molar-refractivity contribution < 1.29 is 4.74 Å². The molecule has 0 bridgehead atoms. The Kier molecular flexibility index (Phi) is 3.11. The lowest BCUT2D eigenvalue weighted by atomic mass is 10.2. The molecule has 2 rings (SSSR count). The molecule has 0 fully saturated rings. The first kappa shape index (κ1) is 11.9. The van der Waals surface area contributed by atoms with Crippen molar-refractivity contribution in [1.29, 1.82) is 5.26 Å². The molecule has 5 nitrogen and oxygen atoms in total. The van der Waals surface area contributed by atoms with Gasteiger partial charge in [-0.1, -0.05) is 0 Å². The van der Waals surface area contributed by atoms with Gasteiger partial charge in [0.1, 0.15) is 5.82 Å². The van der Waals surface area contributed by atoms with E-state index in [1.807, 2.05) is 13.0 Å². The van der Waals surface area contributed by atoms with Crippen molar-refractivity contribution in [3.05, 3.63) is 41.3 Å². The predicted octanol–water partition coefficient (Wildman–Crippen LogP) is 2.34. The Morgan fingerprint density at radius 1 is 1.22 bits per heavy atom. The van der Waals surface area contributed by atoms with Crippen LogP contribution in [-0.2, 0) is 0 Å². The summed E-state index contributed by atoms with van der Waals surface area (Å²) in [7, 11) is 0. The van der Waals surface area contributed by atoms with Crippen molar-refractivity contribution in [3.63, 3.8) is 0 Å². The number of rotatable bonds is 2. The lowest BCUT2D eigenvalue weighted by Crippen LogP contribution is -1.97. The Morgan fingerprint density at radius 2 is 2.00 bits per heavy atom. The van der Waals surface area contributed by atoms with E-state index in [0.29, 0.717) is 28.7 Å². The second-order valence-corrected chi connectivity index (χ2v) is 3.86. The van der Waals surface area contributed by atoms with E-state index in [9.17, 15) is 0 Å². The lowest BCUT2D eigenvalue weighted by molar-refractivity contribution is 0.461. The number of benzene rings is 1. The van der Waals surface area contributed by atoms with E-state index < -0.39 is 0 Å². The van der Waals surface area contributed by atoms with Gasteiger partial charge in [0.05, 0.1) is 17.3 Å². The van der Waals surface area contributed by atoms with Crippen LogP contribution in [0.3, 0.4) is 0 Å². The van der Waals surface area contributed by atoms with Crippen LogP contribution in [0.15, 0.2) is 24.3 Å². The van der Waals surface area contributed by atoms with Gasteiger partial charge in [-0.15, -0.1) is 0 Å². The predicted molar refractivity (Wildman–Crippen MR) is 67.1 cm³/mol. The van der Waals surface area contributed by atoms with Crippen molar-refractivity contribution in [1.82, 2.24) is 9.97 Å². The number of nitriles is 1. The molecule has 2 aromatic rings. The highest BCUT2D eigenvalue weighted by Crippen LogP contribution is 2.27. The minimum Gasteiger partial charge on any atom is -0.437 e. The second-order valence-electron chi connectivity index (χ2n) is 3.86. The summed E-state index contributed by atoms with van der Waals surface area (Å²) < 4.78 is 5.58. The molecule has 5 heteroatoms. The zero-order valence-corrected chi connectivity index (χ0v) is 10.1. The van der Waals surface area contributed by atoms with Gasteiger partial charge in [-0.05, 0) is 32.0 Å². The van der Waals surface area contributed by atoms with Gasteiger partial charge in [-0.3, -0.25) is 0 Å². The van der Waals surface area contributed by atoms with Gasteiger partial charge in [-0.25, -0.2) is 4.98 Å². The molecule has 0 amide bonds. The first-order valence-corrected chi connectivity index (χ1v) is 5.38. The maximum absolute atomic E-state index is 8.75. The Balaban J connectivity index is 2.31. The molecule has 0 aliphatic rings. The van der Waals surface area contributed by atoms with Gasteiger partial charge in [0.15, 0.2) is 5.75 Å². The highest BCUT2D eigenvalue weighted by Gasteiger charge is 2.06. The lowest BCUT2D eigenvalue weighted by Gasteiger charge is -2.08. The Bertz CT molecular complexity index is 611. The third-order valence-electron chi connectivity index (χ3n) is 2.30. The monoisotopic (exact) mass is 240 g/mol. The van der Waals surface area contributed by atoms with Gasteiger partial charge >= 0.3 is 0 Å². The highest BCUT2D eigenvalue weighted by molar-refractivity contribution is 5.57. The fraction of sp³-hybridized carbons (Fsp3) is 0.154. The molecule has 90 valence electrons. The van der Waals surface area contributed by atoms with Crippen LogP contribution in [0.25, 0.3) is 0 Å². The second kappa shape index (κ2) is 4.72. The molecular weight excluding hydrogens is 228 g/mol. The number of aryl methyl sites for hydroxylation is 2. The molecule has 2 N–H and O–H groups in total. The molecule has 1 aromatic heterocycles. The average molecular weight is 240 g/mol. The van der Waals surface area contributed by atoms with E-state index in [0.717, 1.165) is 5.69 Å². The van der Waals surface area contributed by atoms with Crippen molar-refractivity contribution in [2.75, 3.05) is 5.73 Å². The van der Waals surface area contributed by atoms with Gasteiger partial charge in [0.25, 0.3) is 0 Å². The van der Waals surface area contributed by atoms with Gasteiger partial charge in [0, 0.05) is 11.8 Å². The summed E-state index contributed by atoms with van der Waals surface area (Å²) >= 11 is 0. The molecule has 1 heterocycles. The van der Waals surface area contributed by atoms with Gasteiger partial charge < -0.3 is 10.5 Å². The van der Waals surface area contributed by atoms with Crippen LogP contribution in [0.1, 0.15) is 17.1 Å². The third-order valence-corrected chi connectivity index (χ3v) is 2.30. The number of nitrogens with zero attached hydrogens (tertiary/aromatic N) is 3. The standard InChI is InChI=1S/C13H12N4O/c1-8-5-13(17-9(2)16-8)18-12-4-3-10(7-14)6-11(12)15/h3-6H,15H2,1-2H3. The zero-order chi connectivity index (χ0) is 13.1. The number of anilines is 1. The van der Waals surface area contributed by atoms with Crippen LogP contribution in [-0.4, -0.2) is 9.97 Å². The van der Waals surface area contributed by atoms with Crippen LogP contribution in [0.2, 0.25) is 0 Å². The first-order chi connectivity index (χ1) is 8.58. The summed E-state index contributed by atoms with van der Waals surface area (Å²) in [5, 5.41) is 8.75. The smallest absolute Gasteiger partial charge is 0.222 e. The van der Waals surface area contributed by atoms with Gasteiger partial charge in [0.2, 0.25) is 5.88 Å². The Labute approximate surface area is 105 Å². The molecule has 0 unspecified atom stereocenters. The molecule has 0 saturated carbocycles. The van der Waals surface area contributed by atoms with Crippen molar-refractivity contribution >= 4 is 5.69 Å². The molecule has 1 aromatic carbocycles. The van der Waals surface area contributed by atoms with Crippen LogP contribution in [0, 0.1) is 25.2 Å². The SMILES string of the molecule is Cc1cc(Oc2ccc(C#N)cc2N)nc(C)n1. The van der Waals surface area contributed by atoms with Crippen LogP contribution >= 0.6 is 0 Å². The van der Waals surface area contributed by atoms with E-state index in [-0.39, 0.29) is 0 Å². The molecule has 0 atom stereocenters. The van der Waals surface area contributed by atoms with E-state index in [1.54, 1.807) is 31.2 Å². The Hall–Kier alpha value is -2.61. The summed E-state index contributed by atoms with van der Waals surface area (Å²) in [4.78, 5) is 8.32. The summed E-state index contributed by atoms with van der Waals surface area (Å²) in [6.45, 7) is 3.66. The van der Waals surface area contributed by atoms with Crippen LogP contribution in [0.4, 0.5) is 5.69 Å². The maximum atomic E-state index is 8.75. The van der Waals surface area contributed by atoms with Crippen molar-refractivity contribution in [3.8, 4) is 17.7 Å². The number of hydrogen-bond donors (Lipinski definition) is 1. The van der Waals surface area contributed by atoms with Crippen LogP contribution < -0.4 is 10.5 Å². The number of ether oxygens (including phenoxy) is 1. The molecular formula is C13H12N4O. The minimum absolute atomic E-state index is 0.406. The molecule has 18 heavy (non-hydrogen) atoms. The minimum atomic E-state index is 0.406. The average Bonchev–Trinajstić information content (AvgIpc) is 2.30. The number of aromatic nitrogens is 2. The summed E-state index contributed by atoms with van der Waals surface area (Å²) in [6, 6.07) is 8.61. The zero-order valence-electron chi connectivity index (χ0n) is 10.1. The normalized spacial score (nSPS) is 9.83. The Morgan fingerprint density at radius 3 is 2.61 bits per heavy atom. The summed E-state index contributed by atoms with van der Waals surface area (Å²) in [5.74, 6) is 1.56. The topological polar surface area (TPSA) is 84.8 Å². The molecule has 0 aliphatic carbocycles. The number of hydrogen-bond acceptors (Lipinski definition) is 5. The van der Waals surface area contributed by atoms with Crippen molar-refractivity contribution in [2.24, 2.45) is 0 Å².